The molecular formula is C22H22N6O4S. The lowest BCUT2D eigenvalue weighted by Crippen LogP contribution is -2.45. The first-order valence-electron chi connectivity index (χ1n) is 10.5. The fraction of sp³-hybridized carbons (Fsp3) is 0.318. The van der Waals surface area contributed by atoms with Gasteiger partial charge in [-0.05, 0) is 43.5 Å². The molecule has 0 saturated carbocycles. The maximum absolute atomic E-state index is 13.6. The van der Waals surface area contributed by atoms with Crippen LogP contribution >= 0.6 is 11.8 Å². The van der Waals surface area contributed by atoms with E-state index < -0.39 is 5.76 Å². The lowest BCUT2D eigenvalue weighted by Gasteiger charge is -2.27. The highest BCUT2D eigenvalue weighted by atomic mass is 32.2. The van der Waals surface area contributed by atoms with Crippen molar-refractivity contribution in [1.29, 1.82) is 0 Å². The predicted molar refractivity (Wildman–Crippen MR) is 124 cm³/mol. The molecule has 0 aliphatic carbocycles. The molecule has 33 heavy (non-hydrogen) atoms. The van der Waals surface area contributed by atoms with Crippen molar-refractivity contribution in [3.05, 3.63) is 52.5 Å². The van der Waals surface area contributed by atoms with Crippen molar-refractivity contribution in [1.82, 2.24) is 20.1 Å². The Morgan fingerprint density at radius 2 is 2.12 bits per heavy atom. The molecule has 3 aromatic rings. The minimum Gasteiger partial charge on any atom is -0.388 e. The lowest BCUT2D eigenvalue weighted by molar-refractivity contribution is -0.117. The van der Waals surface area contributed by atoms with Gasteiger partial charge in [-0.15, -0.1) is 16.9 Å². The number of ketones is 1. The van der Waals surface area contributed by atoms with E-state index in [2.05, 4.69) is 15.3 Å². The molecule has 0 bridgehead atoms. The first-order valence-corrected chi connectivity index (χ1v) is 11.7. The van der Waals surface area contributed by atoms with E-state index in [1.54, 1.807) is 23.1 Å². The van der Waals surface area contributed by atoms with Crippen molar-refractivity contribution >= 4 is 35.0 Å². The zero-order chi connectivity index (χ0) is 23.1. The number of nitrogens with one attached hydrogen (secondary N) is 1. The molecule has 1 amide bonds. The van der Waals surface area contributed by atoms with Crippen LogP contribution in [0, 0.1) is 0 Å². The first-order chi connectivity index (χ1) is 15.9. The zero-order valence-electron chi connectivity index (χ0n) is 18.1. The van der Waals surface area contributed by atoms with E-state index in [0.29, 0.717) is 29.2 Å². The number of rotatable bonds is 5. The van der Waals surface area contributed by atoms with Crippen molar-refractivity contribution in [2.24, 2.45) is 0 Å². The lowest BCUT2D eigenvalue weighted by atomic mass is 10.1. The van der Waals surface area contributed by atoms with E-state index in [1.165, 1.54) is 18.7 Å². The maximum atomic E-state index is 13.6. The Morgan fingerprint density at radius 1 is 1.27 bits per heavy atom. The van der Waals surface area contributed by atoms with Crippen LogP contribution in [0.1, 0.15) is 17.3 Å². The Hall–Kier alpha value is -3.44. The number of nitrogens with zero attached hydrogens (tertiary/aromatic N) is 5. The third-order valence-corrected chi connectivity index (χ3v) is 6.30. The number of anilines is 2. The molecule has 11 heteroatoms. The minimum atomic E-state index is -0.702. The molecule has 2 aliphatic rings. The smallest absolute Gasteiger partial charge is 0.388 e. The molecule has 1 saturated heterocycles. The highest BCUT2D eigenvalue weighted by Crippen LogP contribution is 2.32. The number of pyridine rings is 1. The summed E-state index contributed by atoms with van der Waals surface area (Å²) in [6.45, 7) is 3.22. The van der Waals surface area contributed by atoms with Crippen LogP contribution in [-0.4, -0.2) is 58.5 Å². The van der Waals surface area contributed by atoms with Gasteiger partial charge in [-0.2, -0.15) is 4.68 Å². The molecule has 1 fully saturated rings. The van der Waals surface area contributed by atoms with Crippen LogP contribution in [0.4, 0.5) is 11.5 Å². The second-order valence-corrected chi connectivity index (χ2v) is 8.71. The third kappa shape index (κ3) is 3.93. The van der Waals surface area contributed by atoms with Gasteiger partial charge in [0.2, 0.25) is 5.89 Å². The summed E-state index contributed by atoms with van der Waals surface area (Å²) in [4.78, 5) is 45.6. The molecule has 1 N–H and O–H groups in total. The van der Waals surface area contributed by atoms with E-state index in [9.17, 15) is 14.4 Å². The van der Waals surface area contributed by atoms with Crippen LogP contribution in [0.5, 0.6) is 0 Å². The summed E-state index contributed by atoms with van der Waals surface area (Å²) in [6.07, 6.45) is 1.89. The summed E-state index contributed by atoms with van der Waals surface area (Å²) in [7, 11) is 0. The Bertz CT molecular complexity index is 1300. The molecule has 2 aromatic heterocycles. The van der Waals surface area contributed by atoms with Gasteiger partial charge in [0, 0.05) is 24.3 Å². The van der Waals surface area contributed by atoms with E-state index in [1.807, 2.05) is 24.5 Å². The predicted octanol–water partition coefficient (Wildman–Crippen LogP) is 1.61. The number of Topliss-reactive ketones (excluding diaryl/α,β-unsaturated/α-hetero) is 1. The average Bonchev–Trinajstić information content (AvgIpc) is 3.40. The molecule has 1 aromatic carbocycles. The number of hydrogen-bond acceptors (Lipinski definition) is 9. The van der Waals surface area contributed by atoms with Gasteiger partial charge in [0.1, 0.15) is 12.4 Å². The van der Waals surface area contributed by atoms with Crippen molar-refractivity contribution in [3.63, 3.8) is 0 Å². The average molecular weight is 467 g/mol. The van der Waals surface area contributed by atoms with Gasteiger partial charge in [-0.25, -0.2) is 9.78 Å². The fourth-order valence-electron chi connectivity index (χ4n) is 4.13. The first kappa shape index (κ1) is 21.4. The summed E-state index contributed by atoms with van der Waals surface area (Å²) in [5, 5.41) is 8.44. The number of thioether (sulfide) groups is 1. The summed E-state index contributed by atoms with van der Waals surface area (Å²) in [6, 6.07) is 10.8. The topological polar surface area (TPSA) is 114 Å². The highest BCUT2D eigenvalue weighted by molar-refractivity contribution is 7.98. The van der Waals surface area contributed by atoms with E-state index in [-0.39, 0.29) is 30.3 Å². The van der Waals surface area contributed by atoms with Crippen LogP contribution in [0.15, 0.2) is 50.6 Å². The molecule has 1 unspecified atom stereocenters. The number of carbonyl (C=O) groups is 2. The van der Waals surface area contributed by atoms with Crippen molar-refractivity contribution in [2.75, 3.05) is 35.7 Å². The largest absolute Gasteiger partial charge is 0.437 e. The van der Waals surface area contributed by atoms with E-state index in [4.69, 9.17) is 9.40 Å². The highest BCUT2D eigenvalue weighted by Gasteiger charge is 2.37. The third-order valence-electron chi connectivity index (χ3n) is 5.65. The van der Waals surface area contributed by atoms with E-state index >= 15 is 0 Å². The second kappa shape index (κ2) is 8.49. The van der Waals surface area contributed by atoms with E-state index in [0.717, 1.165) is 22.8 Å². The normalized spacial score (nSPS) is 17.6. The number of hydrogen-bond donors (Lipinski definition) is 1. The molecule has 4 heterocycles. The van der Waals surface area contributed by atoms with Gasteiger partial charge in [0.25, 0.3) is 5.91 Å². The van der Waals surface area contributed by atoms with Crippen LogP contribution in [0.2, 0.25) is 0 Å². The summed E-state index contributed by atoms with van der Waals surface area (Å²) in [5.41, 5.74) is 1.73. The molecule has 1 atom stereocenters. The summed E-state index contributed by atoms with van der Waals surface area (Å²) >= 11 is 1.54. The van der Waals surface area contributed by atoms with Gasteiger partial charge in [-0.3, -0.25) is 14.9 Å². The van der Waals surface area contributed by atoms with Gasteiger partial charge in [0.05, 0.1) is 23.3 Å². The van der Waals surface area contributed by atoms with Crippen LogP contribution in [0.25, 0.3) is 11.5 Å². The zero-order valence-corrected chi connectivity index (χ0v) is 19.0. The Balaban J connectivity index is 1.54. The molecule has 0 spiro atoms. The summed E-state index contributed by atoms with van der Waals surface area (Å²) in [5.74, 6) is -0.271. The Kier molecular flexibility index (Phi) is 5.51. The minimum absolute atomic E-state index is 0.0730. The fourth-order valence-corrected chi connectivity index (χ4v) is 4.51. The van der Waals surface area contributed by atoms with Gasteiger partial charge in [-0.1, -0.05) is 6.07 Å². The number of benzene rings is 1. The molecule has 0 radical (unpaired) electrons. The molecule has 5 rings (SSSR count). The monoisotopic (exact) mass is 466 g/mol. The Morgan fingerprint density at radius 3 is 2.91 bits per heavy atom. The quantitative estimate of drug-likeness (QED) is 0.560. The van der Waals surface area contributed by atoms with Gasteiger partial charge >= 0.3 is 5.76 Å². The second-order valence-electron chi connectivity index (χ2n) is 7.89. The summed E-state index contributed by atoms with van der Waals surface area (Å²) < 4.78 is 6.25. The molecule has 2 aliphatic heterocycles. The van der Waals surface area contributed by atoms with Crippen molar-refractivity contribution < 1.29 is 14.0 Å². The van der Waals surface area contributed by atoms with Gasteiger partial charge in [0.15, 0.2) is 5.78 Å². The Labute approximate surface area is 193 Å². The molecule has 10 nitrogen and oxygen atoms in total. The number of fused-ring (bicyclic) bond motifs is 3. The molecular weight excluding hydrogens is 444 g/mol. The molecule has 170 valence electrons. The standard InChI is InChI=1S/C22H22N6O4S/c1-13(29)11-28-22(31)32-20(25-28)14-4-3-5-15(10-14)27-12-17-23-8-9-26(17)19-16(21(27)30)6-7-18(24-19)33-2/h3-7,10,17,23H,8-9,11-12H2,1-2H3. The van der Waals surface area contributed by atoms with Gasteiger partial charge < -0.3 is 14.2 Å². The van der Waals surface area contributed by atoms with Crippen LogP contribution < -0.4 is 20.9 Å². The SMILES string of the molecule is CSc1ccc2c(n1)N1CCNC1CN(c1cccc(-c3nn(CC(C)=O)c(=O)o3)c1)C2=O. The maximum Gasteiger partial charge on any atom is 0.437 e. The van der Waals surface area contributed by atoms with Crippen molar-refractivity contribution in [2.45, 2.75) is 24.7 Å². The van der Waals surface area contributed by atoms with Crippen molar-refractivity contribution in [3.8, 4) is 11.5 Å². The number of carbonyl (C=O) groups excluding carboxylic acids is 2. The number of aromatic nitrogens is 3. The van der Waals surface area contributed by atoms with Crippen LogP contribution in [-0.2, 0) is 11.3 Å². The number of amides is 1. The van der Waals surface area contributed by atoms with Crippen LogP contribution in [0.3, 0.4) is 0 Å².